The third-order valence-electron chi connectivity index (χ3n) is 2.80. The van der Waals surface area contributed by atoms with Crippen LogP contribution < -0.4 is 0 Å². The SMILES string of the molecule is O=Cc1cc2sc(Cc3ccc(Cl)cc3)cc2[nH]1. The first-order valence-electron chi connectivity index (χ1n) is 5.55. The number of aromatic amines is 1. The Bertz CT molecular complexity index is 665. The van der Waals surface area contributed by atoms with Gasteiger partial charge >= 0.3 is 0 Å². The summed E-state index contributed by atoms with van der Waals surface area (Å²) in [7, 11) is 0. The molecular weight excluding hydrogens is 266 g/mol. The summed E-state index contributed by atoms with van der Waals surface area (Å²) in [6.07, 6.45) is 1.73. The number of thiophene rings is 1. The van der Waals surface area contributed by atoms with Gasteiger partial charge in [-0.05, 0) is 29.8 Å². The van der Waals surface area contributed by atoms with E-state index in [0.717, 1.165) is 27.9 Å². The summed E-state index contributed by atoms with van der Waals surface area (Å²) in [6.45, 7) is 0. The molecule has 0 radical (unpaired) electrons. The van der Waals surface area contributed by atoms with Crippen molar-refractivity contribution in [2.45, 2.75) is 6.42 Å². The highest BCUT2D eigenvalue weighted by Gasteiger charge is 2.06. The Labute approximate surface area is 113 Å². The third-order valence-corrected chi connectivity index (χ3v) is 4.13. The van der Waals surface area contributed by atoms with Crippen LogP contribution in [0.4, 0.5) is 0 Å². The second kappa shape index (κ2) is 4.59. The summed E-state index contributed by atoms with van der Waals surface area (Å²) < 4.78 is 1.13. The van der Waals surface area contributed by atoms with E-state index < -0.39 is 0 Å². The quantitative estimate of drug-likeness (QED) is 0.711. The number of hydrogen-bond donors (Lipinski definition) is 1. The number of rotatable bonds is 3. The first kappa shape index (κ1) is 11.5. The zero-order valence-electron chi connectivity index (χ0n) is 9.44. The summed E-state index contributed by atoms with van der Waals surface area (Å²) >= 11 is 7.57. The second-order valence-electron chi connectivity index (χ2n) is 4.14. The molecular formula is C14H10ClNOS. The Morgan fingerprint density at radius 1 is 1.22 bits per heavy atom. The largest absolute Gasteiger partial charge is 0.352 e. The van der Waals surface area contributed by atoms with E-state index >= 15 is 0 Å². The van der Waals surface area contributed by atoms with E-state index in [2.05, 4.69) is 11.1 Å². The van der Waals surface area contributed by atoms with Crippen LogP contribution in [0, 0.1) is 0 Å². The van der Waals surface area contributed by atoms with E-state index in [1.807, 2.05) is 30.3 Å². The van der Waals surface area contributed by atoms with Gasteiger partial charge in [0.25, 0.3) is 0 Å². The van der Waals surface area contributed by atoms with Gasteiger partial charge in [0.2, 0.25) is 0 Å². The lowest BCUT2D eigenvalue weighted by Gasteiger charge is -1.98. The van der Waals surface area contributed by atoms with E-state index in [0.29, 0.717) is 5.69 Å². The zero-order chi connectivity index (χ0) is 12.5. The molecule has 1 aromatic carbocycles. The molecule has 90 valence electrons. The van der Waals surface area contributed by atoms with Crippen molar-refractivity contribution < 1.29 is 4.79 Å². The van der Waals surface area contributed by atoms with Crippen LogP contribution in [0.25, 0.3) is 10.2 Å². The number of nitrogens with one attached hydrogen (secondary N) is 1. The first-order chi connectivity index (χ1) is 8.74. The van der Waals surface area contributed by atoms with E-state index in [-0.39, 0.29) is 0 Å². The van der Waals surface area contributed by atoms with Crippen molar-refractivity contribution in [1.29, 1.82) is 0 Å². The van der Waals surface area contributed by atoms with Gasteiger partial charge in [0.1, 0.15) is 0 Å². The number of carbonyl (C=O) groups excluding carboxylic acids is 1. The molecule has 0 saturated carbocycles. The molecule has 18 heavy (non-hydrogen) atoms. The van der Waals surface area contributed by atoms with E-state index in [1.54, 1.807) is 11.3 Å². The van der Waals surface area contributed by atoms with Gasteiger partial charge in [0, 0.05) is 16.3 Å². The molecule has 1 N–H and O–H groups in total. The minimum absolute atomic E-state index is 0.634. The fourth-order valence-corrected chi connectivity index (χ4v) is 3.18. The zero-order valence-corrected chi connectivity index (χ0v) is 11.0. The number of H-pyrrole nitrogens is 1. The number of aldehydes is 1. The number of fused-ring (bicyclic) bond motifs is 1. The van der Waals surface area contributed by atoms with Crippen LogP contribution in [0.15, 0.2) is 36.4 Å². The van der Waals surface area contributed by atoms with Crippen LogP contribution in [0.3, 0.4) is 0 Å². The van der Waals surface area contributed by atoms with E-state index in [1.165, 1.54) is 10.4 Å². The van der Waals surface area contributed by atoms with Crippen LogP contribution in [-0.4, -0.2) is 11.3 Å². The van der Waals surface area contributed by atoms with Crippen molar-refractivity contribution >= 4 is 39.4 Å². The lowest BCUT2D eigenvalue weighted by molar-refractivity contribution is 0.112. The molecule has 0 aliphatic carbocycles. The lowest BCUT2D eigenvalue weighted by atomic mass is 10.1. The minimum Gasteiger partial charge on any atom is -0.352 e. The standard InChI is InChI=1S/C14H10ClNOS/c15-10-3-1-9(2-4-10)5-12-7-13-14(18-12)6-11(8-17)16-13/h1-4,6-8,16H,5H2. The van der Waals surface area contributed by atoms with E-state index in [4.69, 9.17) is 11.6 Å². The molecule has 0 spiro atoms. The molecule has 0 fully saturated rings. The van der Waals surface area contributed by atoms with E-state index in [9.17, 15) is 4.79 Å². The van der Waals surface area contributed by atoms with Gasteiger partial charge in [-0.15, -0.1) is 11.3 Å². The number of hydrogen-bond acceptors (Lipinski definition) is 2. The molecule has 4 heteroatoms. The fraction of sp³-hybridized carbons (Fsp3) is 0.0714. The Kier molecular flexibility index (Phi) is 2.94. The van der Waals surface area contributed by atoms with Gasteiger partial charge in [-0.2, -0.15) is 0 Å². The van der Waals surface area contributed by atoms with Crippen LogP contribution in [0.2, 0.25) is 5.02 Å². The van der Waals surface area contributed by atoms with Gasteiger partial charge in [-0.3, -0.25) is 4.79 Å². The summed E-state index contributed by atoms with van der Waals surface area (Å²) in [5.41, 5.74) is 2.90. The molecule has 0 amide bonds. The number of halogens is 1. The first-order valence-corrected chi connectivity index (χ1v) is 6.75. The van der Waals surface area contributed by atoms with Gasteiger partial charge in [-0.1, -0.05) is 23.7 Å². The molecule has 3 rings (SSSR count). The Hall–Kier alpha value is -1.58. The molecule has 2 heterocycles. The highest BCUT2D eigenvalue weighted by atomic mass is 35.5. The number of aromatic nitrogens is 1. The maximum Gasteiger partial charge on any atom is 0.166 e. The highest BCUT2D eigenvalue weighted by Crippen LogP contribution is 2.27. The molecule has 0 saturated heterocycles. The monoisotopic (exact) mass is 275 g/mol. The van der Waals surface area contributed by atoms with Crippen molar-refractivity contribution in [3.8, 4) is 0 Å². The predicted octanol–water partition coefficient (Wildman–Crippen LogP) is 4.29. The number of carbonyl (C=O) groups is 1. The summed E-state index contributed by atoms with van der Waals surface area (Å²) in [6, 6.07) is 11.9. The molecule has 0 bridgehead atoms. The molecule has 0 aliphatic rings. The average molecular weight is 276 g/mol. The predicted molar refractivity (Wildman–Crippen MR) is 75.8 cm³/mol. The second-order valence-corrected chi connectivity index (χ2v) is 5.74. The summed E-state index contributed by atoms with van der Waals surface area (Å²) in [5, 5.41) is 0.757. The molecule has 0 atom stereocenters. The Morgan fingerprint density at radius 2 is 2.00 bits per heavy atom. The molecule has 0 aliphatic heterocycles. The van der Waals surface area contributed by atoms with Gasteiger partial charge < -0.3 is 4.98 Å². The smallest absolute Gasteiger partial charge is 0.166 e. The minimum atomic E-state index is 0.634. The van der Waals surface area contributed by atoms with Gasteiger partial charge in [-0.25, -0.2) is 0 Å². The lowest BCUT2D eigenvalue weighted by Crippen LogP contribution is -1.83. The maximum atomic E-state index is 10.6. The van der Waals surface area contributed by atoms with Crippen molar-refractivity contribution in [3.05, 3.63) is 57.6 Å². The summed E-state index contributed by atoms with van der Waals surface area (Å²) in [5.74, 6) is 0. The van der Waals surface area contributed by atoms with Crippen LogP contribution in [0.1, 0.15) is 20.9 Å². The van der Waals surface area contributed by atoms with Gasteiger partial charge in [0.05, 0.1) is 15.9 Å². The Balaban J connectivity index is 1.88. The van der Waals surface area contributed by atoms with Crippen molar-refractivity contribution in [1.82, 2.24) is 4.98 Å². The molecule has 2 aromatic heterocycles. The van der Waals surface area contributed by atoms with Crippen LogP contribution in [0.5, 0.6) is 0 Å². The van der Waals surface area contributed by atoms with Crippen LogP contribution >= 0.6 is 22.9 Å². The topological polar surface area (TPSA) is 32.9 Å². The Morgan fingerprint density at radius 3 is 2.67 bits per heavy atom. The van der Waals surface area contributed by atoms with Gasteiger partial charge in [0.15, 0.2) is 6.29 Å². The van der Waals surface area contributed by atoms with Crippen LogP contribution in [-0.2, 0) is 6.42 Å². The normalized spacial score (nSPS) is 10.9. The highest BCUT2D eigenvalue weighted by molar-refractivity contribution is 7.19. The maximum absolute atomic E-state index is 10.6. The fourth-order valence-electron chi connectivity index (χ4n) is 1.95. The molecule has 3 aromatic rings. The molecule has 2 nitrogen and oxygen atoms in total. The number of benzene rings is 1. The molecule has 0 unspecified atom stereocenters. The van der Waals surface area contributed by atoms with Crippen molar-refractivity contribution in [3.63, 3.8) is 0 Å². The average Bonchev–Trinajstić information content (AvgIpc) is 2.89. The van der Waals surface area contributed by atoms with Crippen molar-refractivity contribution in [2.75, 3.05) is 0 Å². The third kappa shape index (κ3) is 2.19. The van der Waals surface area contributed by atoms with Crippen molar-refractivity contribution in [2.24, 2.45) is 0 Å². The summed E-state index contributed by atoms with van der Waals surface area (Å²) in [4.78, 5) is 15.0.